The van der Waals surface area contributed by atoms with Gasteiger partial charge in [-0.3, -0.25) is 4.90 Å². The van der Waals surface area contributed by atoms with Gasteiger partial charge in [-0.1, -0.05) is 6.42 Å². The first-order valence-corrected chi connectivity index (χ1v) is 7.52. The zero-order valence-corrected chi connectivity index (χ0v) is 11.1. The molecule has 3 rings (SSSR count). The van der Waals surface area contributed by atoms with Crippen molar-refractivity contribution in [1.82, 2.24) is 9.80 Å². The summed E-state index contributed by atoms with van der Waals surface area (Å²) in [5.74, 6) is 1.09. The van der Waals surface area contributed by atoms with E-state index in [0.29, 0.717) is 5.41 Å². The molecule has 0 radical (unpaired) electrons. The zero-order chi connectivity index (χ0) is 11.0. The van der Waals surface area contributed by atoms with Gasteiger partial charge in [-0.2, -0.15) is 12.6 Å². The van der Waals surface area contributed by atoms with Gasteiger partial charge < -0.3 is 4.90 Å². The molecule has 0 amide bonds. The van der Waals surface area contributed by atoms with E-state index in [1.54, 1.807) is 0 Å². The largest absolute Gasteiger partial charge is 0.300 e. The molecule has 1 heterocycles. The Labute approximate surface area is 105 Å². The molecule has 1 saturated heterocycles. The summed E-state index contributed by atoms with van der Waals surface area (Å²) >= 11 is 4.56. The van der Waals surface area contributed by atoms with Gasteiger partial charge in [-0.15, -0.1) is 0 Å². The van der Waals surface area contributed by atoms with Gasteiger partial charge in [0.25, 0.3) is 0 Å². The van der Waals surface area contributed by atoms with Crippen molar-refractivity contribution in [3.8, 4) is 0 Å². The van der Waals surface area contributed by atoms with Crippen LogP contribution < -0.4 is 0 Å². The SMILES string of the molecule is SCC1(CN2CCN(C3CC3)CC2)CCC1. The molecule has 2 saturated carbocycles. The molecule has 0 unspecified atom stereocenters. The first kappa shape index (κ1) is 11.4. The van der Waals surface area contributed by atoms with Crippen LogP contribution in [0.5, 0.6) is 0 Å². The van der Waals surface area contributed by atoms with Crippen LogP contribution in [0.4, 0.5) is 0 Å². The molecule has 3 fully saturated rings. The summed E-state index contributed by atoms with van der Waals surface area (Å²) in [5, 5.41) is 0. The maximum absolute atomic E-state index is 4.56. The van der Waals surface area contributed by atoms with Gasteiger partial charge in [0.05, 0.1) is 0 Å². The molecule has 0 atom stereocenters. The van der Waals surface area contributed by atoms with E-state index >= 15 is 0 Å². The highest BCUT2D eigenvalue weighted by atomic mass is 32.1. The Hall–Kier alpha value is 0.270. The van der Waals surface area contributed by atoms with Gasteiger partial charge in [-0.25, -0.2) is 0 Å². The van der Waals surface area contributed by atoms with E-state index < -0.39 is 0 Å². The molecule has 92 valence electrons. The van der Waals surface area contributed by atoms with E-state index in [2.05, 4.69) is 22.4 Å². The van der Waals surface area contributed by atoms with Crippen LogP contribution >= 0.6 is 12.6 Å². The maximum Gasteiger partial charge on any atom is 0.0113 e. The molecular formula is C13H24N2S. The fourth-order valence-corrected chi connectivity index (χ4v) is 3.66. The lowest BCUT2D eigenvalue weighted by Crippen LogP contribution is -2.52. The number of rotatable bonds is 4. The van der Waals surface area contributed by atoms with E-state index in [0.717, 1.165) is 11.8 Å². The van der Waals surface area contributed by atoms with Crippen molar-refractivity contribution in [2.75, 3.05) is 38.5 Å². The summed E-state index contributed by atoms with van der Waals surface area (Å²) < 4.78 is 0. The van der Waals surface area contributed by atoms with Gasteiger partial charge in [0.15, 0.2) is 0 Å². The molecule has 0 N–H and O–H groups in total. The minimum absolute atomic E-state index is 0.588. The summed E-state index contributed by atoms with van der Waals surface area (Å²) in [5.41, 5.74) is 0.588. The molecule has 0 aromatic carbocycles. The Bertz CT molecular complexity index is 235. The molecule has 2 nitrogen and oxygen atoms in total. The quantitative estimate of drug-likeness (QED) is 0.750. The summed E-state index contributed by atoms with van der Waals surface area (Å²) in [6.07, 6.45) is 7.18. The van der Waals surface area contributed by atoms with Crippen molar-refractivity contribution in [2.24, 2.45) is 5.41 Å². The van der Waals surface area contributed by atoms with Gasteiger partial charge in [0, 0.05) is 38.8 Å². The number of hydrogen-bond acceptors (Lipinski definition) is 3. The van der Waals surface area contributed by atoms with Crippen LogP contribution in [-0.4, -0.2) is 54.3 Å². The van der Waals surface area contributed by atoms with Gasteiger partial charge in [0.2, 0.25) is 0 Å². The molecule has 0 aromatic heterocycles. The van der Waals surface area contributed by atoms with Crippen LogP contribution in [0, 0.1) is 5.41 Å². The van der Waals surface area contributed by atoms with Gasteiger partial charge in [0.1, 0.15) is 0 Å². The second-order valence-corrected chi connectivity index (χ2v) is 6.37. The fourth-order valence-electron chi connectivity index (χ4n) is 3.24. The molecule has 2 aliphatic carbocycles. The van der Waals surface area contributed by atoms with Crippen LogP contribution in [-0.2, 0) is 0 Å². The lowest BCUT2D eigenvalue weighted by atomic mass is 9.70. The fraction of sp³-hybridized carbons (Fsp3) is 1.00. The van der Waals surface area contributed by atoms with Crippen molar-refractivity contribution >= 4 is 12.6 Å². The Morgan fingerprint density at radius 3 is 2.19 bits per heavy atom. The van der Waals surface area contributed by atoms with Gasteiger partial charge >= 0.3 is 0 Å². The highest BCUT2D eigenvalue weighted by Crippen LogP contribution is 2.42. The molecule has 16 heavy (non-hydrogen) atoms. The van der Waals surface area contributed by atoms with Crippen molar-refractivity contribution in [3.05, 3.63) is 0 Å². The first-order chi connectivity index (χ1) is 7.81. The van der Waals surface area contributed by atoms with E-state index in [-0.39, 0.29) is 0 Å². The van der Waals surface area contributed by atoms with Gasteiger partial charge in [-0.05, 0) is 36.9 Å². The van der Waals surface area contributed by atoms with Crippen LogP contribution in [0.3, 0.4) is 0 Å². The minimum Gasteiger partial charge on any atom is -0.300 e. The van der Waals surface area contributed by atoms with Crippen LogP contribution in [0.2, 0.25) is 0 Å². The second-order valence-electron chi connectivity index (χ2n) is 6.05. The Kier molecular flexibility index (Phi) is 3.20. The molecule has 3 aliphatic rings. The molecule has 0 spiro atoms. The van der Waals surface area contributed by atoms with Crippen LogP contribution in [0.25, 0.3) is 0 Å². The minimum atomic E-state index is 0.588. The monoisotopic (exact) mass is 240 g/mol. The highest BCUT2D eigenvalue weighted by Gasteiger charge is 2.38. The van der Waals surface area contributed by atoms with E-state index in [1.165, 1.54) is 64.8 Å². The van der Waals surface area contributed by atoms with Crippen LogP contribution in [0.15, 0.2) is 0 Å². The molecular weight excluding hydrogens is 216 g/mol. The maximum atomic E-state index is 4.56. The number of thiol groups is 1. The van der Waals surface area contributed by atoms with Crippen molar-refractivity contribution in [3.63, 3.8) is 0 Å². The Morgan fingerprint density at radius 1 is 1.06 bits per heavy atom. The molecule has 3 heteroatoms. The van der Waals surface area contributed by atoms with Crippen molar-refractivity contribution in [2.45, 2.75) is 38.1 Å². The predicted molar refractivity (Wildman–Crippen MR) is 71.2 cm³/mol. The summed E-state index contributed by atoms with van der Waals surface area (Å²) in [4.78, 5) is 5.39. The molecule has 0 bridgehead atoms. The average molecular weight is 240 g/mol. The number of nitrogens with zero attached hydrogens (tertiary/aromatic N) is 2. The second kappa shape index (κ2) is 4.51. The zero-order valence-electron chi connectivity index (χ0n) is 10.2. The lowest BCUT2D eigenvalue weighted by molar-refractivity contribution is 0.0517. The first-order valence-electron chi connectivity index (χ1n) is 6.89. The van der Waals surface area contributed by atoms with Crippen molar-refractivity contribution in [1.29, 1.82) is 0 Å². The highest BCUT2D eigenvalue weighted by molar-refractivity contribution is 7.80. The average Bonchev–Trinajstić information content (AvgIpc) is 3.08. The third kappa shape index (κ3) is 2.27. The summed E-state index contributed by atoms with van der Waals surface area (Å²) in [7, 11) is 0. The summed E-state index contributed by atoms with van der Waals surface area (Å²) in [6.45, 7) is 6.54. The number of piperazine rings is 1. The Morgan fingerprint density at radius 2 is 1.75 bits per heavy atom. The van der Waals surface area contributed by atoms with E-state index in [1.807, 2.05) is 0 Å². The topological polar surface area (TPSA) is 6.48 Å². The number of hydrogen-bond donors (Lipinski definition) is 1. The molecule has 0 aromatic rings. The normalized spacial score (nSPS) is 31.3. The predicted octanol–water partition coefficient (Wildman–Crippen LogP) is 1.87. The third-order valence-corrected chi connectivity index (χ3v) is 5.45. The Balaban J connectivity index is 1.46. The smallest absolute Gasteiger partial charge is 0.0113 e. The van der Waals surface area contributed by atoms with Crippen LogP contribution in [0.1, 0.15) is 32.1 Å². The van der Waals surface area contributed by atoms with E-state index in [9.17, 15) is 0 Å². The van der Waals surface area contributed by atoms with Crippen molar-refractivity contribution < 1.29 is 0 Å². The third-order valence-electron chi connectivity index (χ3n) is 4.78. The lowest BCUT2D eigenvalue weighted by Gasteiger charge is -2.46. The standard InChI is InChI=1S/C13H24N2S/c16-11-13(4-1-5-13)10-14-6-8-15(9-7-14)12-2-3-12/h12,16H,1-11H2. The summed E-state index contributed by atoms with van der Waals surface area (Å²) in [6, 6.07) is 0.963. The van der Waals surface area contributed by atoms with E-state index in [4.69, 9.17) is 0 Å². The molecule has 1 aliphatic heterocycles.